The fourth-order valence-electron chi connectivity index (χ4n) is 2.94. The molecule has 0 saturated carbocycles. The van der Waals surface area contributed by atoms with Crippen molar-refractivity contribution in [3.63, 3.8) is 0 Å². The van der Waals surface area contributed by atoms with E-state index < -0.39 is 48.1 Å². The summed E-state index contributed by atoms with van der Waals surface area (Å²) in [6.07, 6.45) is 0. The van der Waals surface area contributed by atoms with Crippen LogP contribution in [0.5, 0.6) is 5.75 Å². The van der Waals surface area contributed by atoms with Crippen molar-refractivity contribution in [3.05, 3.63) is 53.6 Å². The molecule has 0 amide bonds. The van der Waals surface area contributed by atoms with Crippen molar-refractivity contribution < 1.29 is 48.8 Å². The molecule has 0 atom stereocenters. The summed E-state index contributed by atoms with van der Waals surface area (Å²) in [5.74, 6) is -0.443. The molecule has 3 aromatic carbocycles. The summed E-state index contributed by atoms with van der Waals surface area (Å²) in [4.78, 5) is -0.936. The zero-order valence-electron chi connectivity index (χ0n) is 17.0. The van der Waals surface area contributed by atoms with Gasteiger partial charge < -0.3 is 10.2 Å². The summed E-state index contributed by atoms with van der Waals surface area (Å²) in [7, 11) is -12.3. The van der Waals surface area contributed by atoms with E-state index in [9.17, 15) is 31.0 Å². The van der Waals surface area contributed by atoms with Crippen molar-refractivity contribution in [3.8, 4) is 5.75 Å². The minimum absolute atomic E-state index is 0.0693. The fraction of sp³-hybridized carbons (Fsp3) is 0.111. The lowest BCUT2D eigenvalue weighted by molar-refractivity contribution is 0.281. The van der Waals surface area contributed by atoms with Crippen LogP contribution in [-0.4, -0.2) is 48.8 Å². The van der Waals surface area contributed by atoms with Gasteiger partial charge >= 0.3 is 10.6 Å². The van der Waals surface area contributed by atoms with Gasteiger partial charge in [-0.25, -0.2) is 0 Å². The van der Waals surface area contributed by atoms with Gasteiger partial charge in [0.25, 0.3) is 20.2 Å². The second-order valence-electron chi connectivity index (χ2n) is 6.55. The van der Waals surface area contributed by atoms with Crippen molar-refractivity contribution in [2.24, 2.45) is 10.2 Å². The van der Waals surface area contributed by atoms with Crippen molar-refractivity contribution >= 4 is 53.0 Å². The smallest absolute Gasteiger partial charge is 0.425 e. The molecule has 0 bridgehead atoms. The van der Waals surface area contributed by atoms with Crippen LogP contribution >= 0.6 is 0 Å². The molecule has 0 aromatic heterocycles. The molecule has 182 valence electrons. The highest BCUT2D eigenvalue weighted by Gasteiger charge is 2.20. The first-order valence-electron chi connectivity index (χ1n) is 8.79. The quantitative estimate of drug-likeness (QED) is 0.275. The first-order chi connectivity index (χ1) is 15.7. The molecule has 0 aliphatic rings. The second kappa shape index (κ2) is 10.3. The molecule has 0 radical (unpaired) electrons. The van der Waals surface area contributed by atoms with Crippen LogP contribution in [-0.2, 0) is 37.5 Å². The van der Waals surface area contributed by atoms with E-state index in [2.05, 4.69) is 10.2 Å². The van der Waals surface area contributed by atoms with Crippen molar-refractivity contribution in [2.45, 2.75) is 23.3 Å². The molecule has 0 spiro atoms. The second-order valence-corrected chi connectivity index (χ2v) is 9.71. The molecule has 0 unspecified atom stereocenters. The van der Waals surface area contributed by atoms with Gasteiger partial charge in [-0.1, -0.05) is 24.3 Å². The van der Waals surface area contributed by atoms with Gasteiger partial charge in [0, 0.05) is 10.8 Å². The number of benzene rings is 3. The number of aryl methyl sites for hydroxylation is 1. The molecule has 0 fully saturated rings. The van der Waals surface area contributed by atoms with E-state index in [4.69, 9.17) is 17.7 Å². The van der Waals surface area contributed by atoms with E-state index in [1.54, 1.807) is 0 Å². The van der Waals surface area contributed by atoms with E-state index in [0.717, 1.165) is 6.07 Å². The summed E-state index contributed by atoms with van der Waals surface area (Å²) in [5.41, 5.74) is 0.153. The minimum atomic E-state index is -4.66. The lowest BCUT2D eigenvalue weighted by Crippen LogP contribution is -2.02. The topological polar surface area (TPSA) is 225 Å². The number of aliphatic hydroxyl groups is 1. The SMILES string of the molecule is Cc1ccc2c(O)c(N=Nc3ccc(CO)cc3S(=O)(=O)O)ccc2c1S(=O)(=O)O.O=S(=O)=O. The number of rotatable bonds is 5. The van der Waals surface area contributed by atoms with Gasteiger partial charge in [0.15, 0.2) is 5.75 Å². The molecule has 3 aromatic rings. The van der Waals surface area contributed by atoms with Crippen molar-refractivity contribution in [1.29, 1.82) is 0 Å². The Bertz CT molecular complexity index is 1610. The van der Waals surface area contributed by atoms with Crippen LogP contribution in [0.2, 0.25) is 0 Å². The number of hydrogen-bond donors (Lipinski definition) is 4. The first kappa shape index (κ1) is 27.0. The Morgan fingerprint density at radius 3 is 1.88 bits per heavy atom. The summed E-state index contributed by atoms with van der Waals surface area (Å²) in [6, 6.07) is 9.03. The Kier molecular flexibility index (Phi) is 8.19. The maximum Gasteiger partial charge on any atom is 0.425 e. The Labute approximate surface area is 194 Å². The Morgan fingerprint density at radius 1 is 0.824 bits per heavy atom. The van der Waals surface area contributed by atoms with Crippen LogP contribution in [0.15, 0.2) is 62.5 Å². The average Bonchev–Trinajstić information content (AvgIpc) is 2.71. The molecule has 16 heteroatoms. The minimum Gasteiger partial charge on any atom is -0.505 e. The number of phenolic OH excluding ortho intramolecular Hbond substituents is 1. The molecular formula is C18H16N2O11S3. The Hall–Kier alpha value is -3.28. The van der Waals surface area contributed by atoms with Crippen molar-refractivity contribution in [1.82, 2.24) is 0 Å². The van der Waals surface area contributed by atoms with Crippen LogP contribution in [0.1, 0.15) is 11.1 Å². The van der Waals surface area contributed by atoms with Gasteiger partial charge in [-0.2, -0.15) is 16.8 Å². The first-order valence-corrected chi connectivity index (χ1v) is 12.7. The zero-order chi connectivity index (χ0) is 25.8. The van der Waals surface area contributed by atoms with Crippen LogP contribution in [0.25, 0.3) is 10.8 Å². The number of aromatic hydroxyl groups is 1. The largest absolute Gasteiger partial charge is 0.505 e. The van der Waals surface area contributed by atoms with Gasteiger partial charge in [-0.15, -0.1) is 22.9 Å². The average molecular weight is 533 g/mol. The summed E-state index contributed by atoms with van der Waals surface area (Å²) >= 11 is 0. The predicted octanol–water partition coefficient (Wildman–Crippen LogP) is 2.25. The third kappa shape index (κ3) is 6.40. The van der Waals surface area contributed by atoms with Gasteiger partial charge in [0.2, 0.25) is 0 Å². The standard InChI is InChI=1S/C18H16N2O8S2.O3S/c1-10-2-4-12-13(18(10)30(26,27)28)5-7-15(17(12)22)20-19-14-6-3-11(9-21)8-16(14)29(23,24)25;1-4(2)3/h2-8,21-22H,9H2,1H3,(H,23,24,25)(H,26,27,28);. The number of fused-ring (bicyclic) bond motifs is 1. The van der Waals surface area contributed by atoms with E-state index in [-0.39, 0.29) is 38.2 Å². The number of nitrogens with zero attached hydrogens (tertiary/aromatic N) is 2. The van der Waals surface area contributed by atoms with Gasteiger partial charge in [-0.05, 0) is 36.2 Å². The molecule has 0 aliphatic heterocycles. The molecule has 4 N–H and O–H groups in total. The molecule has 0 heterocycles. The molecule has 34 heavy (non-hydrogen) atoms. The van der Waals surface area contributed by atoms with Crippen LogP contribution in [0.3, 0.4) is 0 Å². The summed E-state index contributed by atoms with van der Waals surface area (Å²) in [6.45, 7) is 1.03. The highest BCUT2D eigenvalue weighted by Crippen LogP contribution is 2.39. The Morgan fingerprint density at radius 2 is 1.35 bits per heavy atom. The third-order valence-electron chi connectivity index (χ3n) is 4.31. The van der Waals surface area contributed by atoms with Gasteiger partial charge in [0.05, 0.1) is 6.61 Å². The van der Waals surface area contributed by atoms with Gasteiger partial charge in [-0.3, -0.25) is 9.11 Å². The van der Waals surface area contributed by atoms with E-state index in [1.807, 2.05) is 0 Å². The maximum absolute atomic E-state index is 11.7. The highest BCUT2D eigenvalue weighted by atomic mass is 32.2. The third-order valence-corrected chi connectivity index (χ3v) is 6.25. The van der Waals surface area contributed by atoms with Crippen LogP contribution in [0.4, 0.5) is 11.4 Å². The van der Waals surface area contributed by atoms with Gasteiger partial charge in [0.1, 0.15) is 21.2 Å². The fourth-order valence-corrected chi connectivity index (χ4v) is 4.54. The van der Waals surface area contributed by atoms with Crippen LogP contribution < -0.4 is 0 Å². The van der Waals surface area contributed by atoms with E-state index in [0.29, 0.717) is 0 Å². The lowest BCUT2D eigenvalue weighted by Gasteiger charge is -2.10. The van der Waals surface area contributed by atoms with E-state index in [1.165, 1.54) is 43.3 Å². The molecular weight excluding hydrogens is 516 g/mol. The number of azo groups is 1. The number of hydrogen-bond acceptors (Lipinski definition) is 11. The van der Waals surface area contributed by atoms with E-state index >= 15 is 0 Å². The normalized spacial score (nSPS) is 11.9. The monoisotopic (exact) mass is 532 g/mol. The zero-order valence-corrected chi connectivity index (χ0v) is 19.5. The lowest BCUT2D eigenvalue weighted by atomic mass is 10.1. The summed E-state index contributed by atoms with van der Waals surface area (Å²) in [5, 5.41) is 27.3. The number of aliphatic hydroxyl groups excluding tert-OH is 1. The molecule has 3 rings (SSSR count). The molecule has 13 nitrogen and oxygen atoms in total. The van der Waals surface area contributed by atoms with Crippen LogP contribution in [0, 0.1) is 6.92 Å². The van der Waals surface area contributed by atoms with Crippen molar-refractivity contribution in [2.75, 3.05) is 0 Å². The maximum atomic E-state index is 11.7. The predicted molar refractivity (Wildman–Crippen MR) is 116 cm³/mol. The Balaban J connectivity index is 0.000000945. The number of phenols is 1. The highest BCUT2D eigenvalue weighted by molar-refractivity contribution is 7.86. The molecule has 0 aliphatic carbocycles. The molecule has 0 saturated heterocycles. The summed E-state index contributed by atoms with van der Waals surface area (Å²) < 4.78 is 90.7.